The number of ether oxygens (including phenoxy) is 1. The van der Waals surface area contributed by atoms with Crippen LogP contribution in [0.15, 0.2) is 11.1 Å². The Balaban J connectivity index is 3.92. The zero-order valence-electron chi connectivity index (χ0n) is 13.2. The molecule has 0 rings (SSSR count). The Morgan fingerprint density at radius 3 is 2.32 bits per heavy atom. The number of allylic oxidation sites excluding steroid dienone is 1. The van der Waals surface area contributed by atoms with E-state index in [0.29, 0.717) is 24.0 Å². The third-order valence-corrected chi connectivity index (χ3v) is 3.44. The molecule has 0 fully saturated rings. The zero-order valence-corrected chi connectivity index (χ0v) is 13.2. The smallest absolute Gasteiger partial charge is 0.331 e. The monoisotopic (exact) mass is 270 g/mol. The highest BCUT2D eigenvalue weighted by Gasteiger charge is 2.09. The molecule has 0 amide bonds. The second kappa shape index (κ2) is 10.0. The average molecular weight is 270 g/mol. The number of carboxylic acid groups (broad SMARTS) is 1. The molecular weight excluding hydrogens is 240 g/mol. The van der Waals surface area contributed by atoms with Crippen molar-refractivity contribution in [3.63, 3.8) is 0 Å². The van der Waals surface area contributed by atoms with Gasteiger partial charge in [-0.25, -0.2) is 4.79 Å². The van der Waals surface area contributed by atoms with Crippen molar-refractivity contribution in [3.8, 4) is 0 Å². The Kier molecular flexibility index (Phi) is 9.58. The first-order chi connectivity index (χ1) is 8.88. The van der Waals surface area contributed by atoms with Crippen LogP contribution in [0.3, 0.4) is 0 Å². The second-order valence-electron chi connectivity index (χ2n) is 5.62. The van der Waals surface area contributed by atoms with Gasteiger partial charge < -0.3 is 9.84 Å². The molecule has 0 aliphatic carbocycles. The van der Waals surface area contributed by atoms with Gasteiger partial charge in [0.1, 0.15) is 0 Å². The molecule has 0 spiro atoms. The number of carbonyl (C=O) groups is 1. The summed E-state index contributed by atoms with van der Waals surface area (Å²) in [7, 11) is 0. The predicted octanol–water partition coefficient (Wildman–Crippen LogP) is 4.42. The van der Waals surface area contributed by atoms with Crippen molar-refractivity contribution in [3.05, 3.63) is 11.1 Å². The number of aliphatic carboxylic acids is 1. The van der Waals surface area contributed by atoms with Crippen LogP contribution in [0.1, 0.15) is 66.7 Å². The third-order valence-electron chi connectivity index (χ3n) is 3.44. The molecule has 1 N–H and O–H groups in total. The van der Waals surface area contributed by atoms with Gasteiger partial charge in [0.05, 0.1) is 6.10 Å². The lowest BCUT2D eigenvalue weighted by molar-refractivity contribution is -0.132. The first kappa shape index (κ1) is 18.2. The predicted molar refractivity (Wildman–Crippen MR) is 79.3 cm³/mol. The van der Waals surface area contributed by atoms with Gasteiger partial charge in [0, 0.05) is 12.2 Å². The average Bonchev–Trinajstić information content (AvgIpc) is 2.28. The van der Waals surface area contributed by atoms with Crippen molar-refractivity contribution in [1.29, 1.82) is 0 Å². The zero-order chi connectivity index (χ0) is 14.8. The summed E-state index contributed by atoms with van der Waals surface area (Å²) in [5.74, 6) is -0.125. The topological polar surface area (TPSA) is 46.5 Å². The van der Waals surface area contributed by atoms with Gasteiger partial charge in [-0.1, -0.05) is 25.8 Å². The van der Waals surface area contributed by atoms with Crippen molar-refractivity contribution in [2.75, 3.05) is 6.61 Å². The summed E-state index contributed by atoms with van der Waals surface area (Å²) in [6.07, 6.45) is 5.09. The molecule has 0 bridgehead atoms. The van der Waals surface area contributed by atoms with E-state index in [4.69, 9.17) is 9.84 Å². The Morgan fingerprint density at radius 1 is 1.21 bits per heavy atom. The lowest BCUT2D eigenvalue weighted by Crippen LogP contribution is -2.07. The molecule has 0 radical (unpaired) electrons. The van der Waals surface area contributed by atoms with Gasteiger partial charge in [-0.05, 0) is 52.4 Å². The molecule has 112 valence electrons. The van der Waals surface area contributed by atoms with Crippen LogP contribution in [0, 0.1) is 5.92 Å². The van der Waals surface area contributed by atoms with Gasteiger partial charge in [0.25, 0.3) is 0 Å². The molecule has 0 saturated heterocycles. The summed E-state index contributed by atoms with van der Waals surface area (Å²) in [5.41, 5.74) is 1.61. The molecule has 0 aromatic carbocycles. The van der Waals surface area contributed by atoms with E-state index < -0.39 is 5.97 Å². The Labute approximate surface area is 118 Å². The molecule has 0 aromatic heterocycles. The maximum Gasteiger partial charge on any atom is 0.331 e. The second-order valence-corrected chi connectivity index (χ2v) is 5.62. The first-order valence-electron chi connectivity index (χ1n) is 7.41. The van der Waals surface area contributed by atoms with Crippen molar-refractivity contribution < 1.29 is 14.6 Å². The van der Waals surface area contributed by atoms with Crippen molar-refractivity contribution in [1.82, 2.24) is 0 Å². The lowest BCUT2D eigenvalue weighted by atomic mass is 9.96. The van der Waals surface area contributed by atoms with Crippen LogP contribution in [0.25, 0.3) is 0 Å². The minimum Gasteiger partial charge on any atom is -0.478 e. The highest BCUT2D eigenvalue weighted by Crippen LogP contribution is 2.19. The molecule has 0 aliphatic rings. The van der Waals surface area contributed by atoms with E-state index in [1.54, 1.807) is 0 Å². The van der Waals surface area contributed by atoms with E-state index in [1.165, 1.54) is 0 Å². The number of carboxylic acids is 1. The van der Waals surface area contributed by atoms with Crippen LogP contribution >= 0.6 is 0 Å². The van der Waals surface area contributed by atoms with Crippen LogP contribution in [-0.4, -0.2) is 23.8 Å². The first-order valence-corrected chi connectivity index (χ1v) is 7.41. The van der Waals surface area contributed by atoms with Gasteiger partial charge >= 0.3 is 5.97 Å². The molecule has 0 aliphatic heterocycles. The number of hydrogen-bond acceptors (Lipinski definition) is 2. The number of rotatable bonds is 10. The molecular formula is C16H30O3. The summed E-state index contributed by atoms with van der Waals surface area (Å²) < 4.78 is 5.54. The lowest BCUT2D eigenvalue weighted by Gasteiger charge is -2.13. The summed E-state index contributed by atoms with van der Waals surface area (Å²) in [4.78, 5) is 11.0. The van der Waals surface area contributed by atoms with E-state index >= 15 is 0 Å². The molecule has 0 heterocycles. The van der Waals surface area contributed by atoms with E-state index in [0.717, 1.165) is 37.9 Å². The highest BCUT2D eigenvalue weighted by atomic mass is 16.5. The van der Waals surface area contributed by atoms with E-state index in [2.05, 4.69) is 20.8 Å². The van der Waals surface area contributed by atoms with Crippen molar-refractivity contribution in [2.45, 2.75) is 72.8 Å². The van der Waals surface area contributed by atoms with Gasteiger partial charge in [-0.3, -0.25) is 0 Å². The van der Waals surface area contributed by atoms with Gasteiger partial charge in [0.15, 0.2) is 0 Å². The maximum atomic E-state index is 11.0. The van der Waals surface area contributed by atoms with Gasteiger partial charge in [-0.2, -0.15) is 0 Å². The molecule has 19 heavy (non-hydrogen) atoms. The van der Waals surface area contributed by atoms with Crippen LogP contribution in [0.2, 0.25) is 0 Å². The van der Waals surface area contributed by atoms with Crippen LogP contribution in [0.5, 0.6) is 0 Å². The molecule has 0 saturated carbocycles. The SMILES string of the molecule is CCC(C(=O)O)=C(C)CCCC(C)CCOC(C)C. The Morgan fingerprint density at radius 2 is 1.84 bits per heavy atom. The standard InChI is InChI=1S/C16H30O3/c1-6-15(16(17)18)14(5)9-7-8-13(4)10-11-19-12(2)3/h12-13H,6-11H2,1-5H3,(H,17,18). The molecule has 3 nitrogen and oxygen atoms in total. The highest BCUT2D eigenvalue weighted by molar-refractivity contribution is 5.87. The fourth-order valence-electron chi connectivity index (χ4n) is 2.15. The van der Waals surface area contributed by atoms with Crippen molar-refractivity contribution in [2.24, 2.45) is 5.92 Å². The number of hydrogen-bond donors (Lipinski definition) is 1. The summed E-state index contributed by atoms with van der Waals surface area (Å²) in [6, 6.07) is 0. The summed E-state index contributed by atoms with van der Waals surface area (Å²) in [6.45, 7) is 11.0. The third kappa shape index (κ3) is 8.82. The quantitative estimate of drug-likeness (QED) is 0.598. The minimum absolute atomic E-state index is 0.306. The normalized spacial score (nSPS) is 14.4. The van der Waals surface area contributed by atoms with E-state index in [-0.39, 0.29) is 0 Å². The minimum atomic E-state index is -0.765. The molecule has 1 atom stereocenters. The fraction of sp³-hybridized carbons (Fsp3) is 0.812. The Bertz CT molecular complexity index is 292. The van der Waals surface area contributed by atoms with E-state index in [9.17, 15) is 4.79 Å². The summed E-state index contributed by atoms with van der Waals surface area (Å²) in [5, 5.41) is 9.05. The maximum absolute atomic E-state index is 11.0. The molecule has 3 heteroatoms. The van der Waals surface area contributed by atoms with Crippen LogP contribution in [-0.2, 0) is 9.53 Å². The van der Waals surface area contributed by atoms with Crippen LogP contribution in [0.4, 0.5) is 0 Å². The van der Waals surface area contributed by atoms with Gasteiger partial charge in [-0.15, -0.1) is 0 Å². The summed E-state index contributed by atoms with van der Waals surface area (Å²) >= 11 is 0. The van der Waals surface area contributed by atoms with Crippen LogP contribution < -0.4 is 0 Å². The van der Waals surface area contributed by atoms with E-state index in [1.807, 2.05) is 13.8 Å². The fourth-order valence-corrected chi connectivity index (χ4v) is 2.15. The van der Waals surface area contributed by atoms with Crippen molar-refractivity contribution >= 4 is 5.97 Å². The Hall–Kier alpha value is -0.830. The van der Waals surface area contributed by atoms with Gasteiger partial charge in [0.2, 0.25) is 0 Å². The molecule has 1 unspecified atom stereocenters. The largest absolute Gasteiger partial charge is 0.478 e. The molecule has 0 aromatic rings.